The Morgan fingerprint density at radius 3 is 1.43 bits per heavy atom. The molecule has 0 bridgehead atoms. The second-order valence-electron chi connectivity index (χ2n) is 15.1. The third kappa shape index (κ3) is 15.4. The van der Waals surface area contributed by atoms with Crippen molar-refractivity contribution in [3.8, 4) is 0 Å². The van der Waals surface area contributed by atoms with Crippen LogP contribution < -0.4 is 0 Å². The van der Waals surface area contributed by atoms with Gasteiger partial charge in [0.15, 0.2) is 61.6 Å². The minimum Gasteiger partial charge on any atom is -0.463 e. The Morgan fingerprint density at radius 2 is 0.908 bits per heavy atom. The maximum absolute atomic E-state index is 12.7. The van der Waals surface area contributed by atoms with Gasteiger partial charge in [-0.2, -0.15) is 0 Å². The number of benzene rings is 1. The Bertz CT molecular complexity index is 1820. The van der Waals surface area contributed by atoms with Crippen molar-refractivity contribution in [1.29, 1.82) is 0 Å². The molecule has 65 heavy (non-hydrogen) atoms. The number of aliphatic hydroxyl groups excluding tert-OH is 1. The molecule has 0 aliphatic carbocycles. The fourth-order valence-corrected chi connectivity index (χ4v) is 7.32. The zero-order chi connectivity index (χ0) is 48.1. The van der Waals surface area contributed by atoms with E-state index in [0.29, 0.717) is 6.42 Å². The molecule has 0 saturated carbocycles. The highest BCUT2D eigenvalue weighted by Gasteiger charge is 2.57. The third-order valence-corrected chi connectivity index (χ3v) is 9.73. The molecule has 3 saturated heterocycles. The molecule has 3 aliphatic heterocycles. The summed E-state index contributed by atoms with van der Waals surface area (Å²) < 4.78 is 80.5. The Labute approximate surface area is 373 Å². The summed E-state index contributed by atoms with van der Waals surface area (Å²) in [4.78, 5) is 98.6. The first-order valence-corrected chi connectivity index (χ1v) is 20.6. The average Bonchev–Trinajstić information content (AvgIpc) is 3.19. The van der Waals surface area contributed by atoms with Crippen LogP contribution in [-0.2, 0) is 111 Å². The zero-order valence-corrected chi connectivity index (χ0v) is 37.3. The van der Waals surface area contributed by atoms with E-state index in [1.54, 1.807) is 0 Å². The van der Waals surface area contributed by atoms with E-state index in [2.05, 4.69) is 0 Å². The van der Waals surface area contributed by atoms with Gasteiger partial charge in [-0.05, 0) is 18.9 Å². The van der Waals surface area contributed by atoms with Gasteiger partial charge in [0.1, 0.15) is 31.0 Å². The van der Waals surface area contributed by atoms with Crippen LogP contribution in [0.3, 0.4) is 0 Å². The number of hydrogen-bond donors (Lipinski definition) is 1. The molecule has 3 aliphatic rings. The van der Waals surface area contributed by atoms with Crippen LogP contribution >= 0.6 is 0 Å². The molecule has 0 amide bonds. The molecular weight excluding hydrogens is 872 g/mol. The van der Waals surface area contributed by atoms with E-state index in [-0.39, 0.29) is 6.61 Å². The summed E-state index contributed by atoms with van der Waals surface area (Å²) in [6, 6.07) is 9.13. The normalized spacial score (nSPS) is 32.1. The minimum absolute atomic E-state index is 0.0475. The average molecular weight is 929 g/mol. The van der Waals surface area contributed by atoms with Crippen LogP contribution in [0.4, 0.5) is 0 Å². The maximum atomic E-state index is 12.7. The number of hydrogen-bond acceptors (Lipinski definition) is 23. The monoisotopic (exact) mass is 928 g/mol. The maximum Gasteiger partial charge on any atom is 0.303 e. The first-order chi connectivity index (χ1) is 30.6. The lowest BCUT2D eigenvalue weighted by atomic mass is 9.96. The topological polar surface area (TPSA) is 286 Å². The molecule has 0 radical (unpaired) electrons. The summed E-state index contributed by atoms with van der Waals surface area (Å²) >= 11 is 0. The number of rotatable bonds is 18. The Balaban J connectivity index is 1.76. The zero-order valence-electron chi connectivity index (χ0n) is 37.3. The molecule has 23 nitrogen and oxygen atoms in total. The second kappa shape index (κ2) is 24.3. The van der Waals surface area contributed by atoms with Crippen molar-refractivity contribution in [2.24, 2.45) is 0 Å². The van der Waals surface area contributed by atoms with Gasteiger partial charge in [0.05, 0.1) is 19.3 Å². The molecule has 3 fully saturated rings. The SMILES string of the molecule is CC(=O)OC[C@H]1O[C@@H](OC[C@H]2O[C@@H](OCCc3ccccc3)[C@H](OC(C)=O)[C@@H](O[C@@H]3O[C@@H](C)[C@H](OC(C)=O)[C@@H](OC(C)=O)[C@H]3OC(C)=O)[C@@H]2O)[C@H](OC(C)=O)[C@@H](OC(C)=O)[C@@H]1OC(C)=O. The lowest BCUT2D eigenvalue weighted by Gasteiger charge is -2.48. The predicted molar refractivity (Wildman–Crippen MR) is 210 cm³/mol. The second-order valence-corrected chi connectivity index (χ2v) is 15.1. The molecule has 4 rings (SSSR count). The molecule has 0 unspecified atom stereocenters. The van der Waals surface area contributed by atoms with Crippen LogP contribution in [0.5, 0.6) is 0 Å². The summed E-state index contributed by atoms with van der Waals surface area (Å²) in [6.45, 7) is 8.68. The van der Waals surface area contributed by atoms with Crippen molar-refractivity contribution < 1.29 is 110 Å². The summed E-state index contributed by atoms with van der Waals surface area (Å²) in [5.74, 6) is -6.82. The van der Waals surface area contributed by atoms with E-state index < -0.39 is 153 Å². The van der Waals surface area contributed by atoms with Gasteiger partial charge in [-0.3, -0.25) is 38.4 Å². The molecule has 1 aromatic rings. The van der Waals surface area contributed by atoms with Crippen LogP contribution in [0.15, 0.2) is 30.3 Å². The number of carbonyl (C=O) groups excluding carboxylic acids is 8. The van der Waals surface area contributed by atoms with Crippen LogP contribution in [0.2, 0.25) is 0 Å². The highest BCUT2D eigenvalue weighted by atomic mass is 16.8. The van der Waals surface area contributed by atoms with E-state index in [1.807, 2.05) is 30.3 Å². The van der Waals surface area contributed by atoms with Gasteiger partial charge in [0, 0.05) is 55.4 Å². The lowest BCUT2D eigenvalue weighted by molar-refractivity contribution is -0.365. The number of esters is 8. The molecule has 1 N–H and O–H groups in total. The number of ether oxygens (including phenoxy) is 14. The van der Waals surface area contributed by atoms with Gasteiger partial charge < -0.3 is 71.4 Å². The van der Waals surface area contributed by atoms with Crippen LogP contribution in [0.25, 0.3) is 0 Å². The summed E-state index contributed by atoms with van der Waals surface area (Å²) in [5, 5.41) is 12.1. The minimum atomic E-state index is -1.88. The van der Waals surface area contributed by atoms with Gasteiger partial charge in [0.2, 0.25) is 0 Å². The van der Waals surface area contributed by atoms with Gasteiger partial charge in [-0.1, -0.05) is 30.3 Å². The van der Waals surface area contributed by atoms with Crippen molar-refractivity contribution in [2.75, 3.05) is 19.8 Å². The molecule has 1 aromatic carbocycles. The van der Waals surface area contributed by atoms with Crippen molar-refractivity contribution in [3.63, 3.8) is 0 Å². The number of carbonyl (C=O) groups is 8. The molecule has 0 aromatic heterocycles. The lowest BCUT2D eigenvalue weighted by Crippen LogP contribution is -2.66. The van der Waals surface area contributed by atoms with Crippen LogP contribution in [0, 0.1) is 0 Å². The van der Waals surface area contributed by atoms with Crippen LogP contribution in [0.1, 0.15) is 67.9 Å². The van der Waals surface area contributed by atoms with E-state index in [1.165, 1.54) is 6.92 Å². The molecule has 0 spiro atoms. The Hall–Kier alpha value is -5.30. The highest BCUT2D eigenvalue weighted by Crippen LogP contribution is 2.36. The van der Waals surface area contributed by atoms with E-state index in [9.17, 15) is 43.5 Å². The first-order valence-electron chi connectivity index (χ1n) is 20.6. The summed E-state index contributed by atoms with van der Waals surface area (Å²) in [6.07, 6.45) is -23.1. The Kier molecular flexibility index (Phi) is 19.6. The summed E-state index contributed by atoms with van der Waals surface area (Å²) in [7, 11) is 0. The third-order valence-electron chi connectivity index (χ3n) is 9.73. The fourth-order valence-electron chi connectivity index (χ4n) is 7.32. The van der Waals surface area contributed by atoms with Crippen molar-refractivity contribution in [1.82, 2.24) is 0 Å². The van der Waals surface area contributed by atoms with E-state index >= 15 is 0 Å². The van der Waals surface area contributed by atoms with Crippen LogP contribution in [-0.4, -0.2) is 165 Å². The fraction of sp³-hybridized carbons (Fsp3) is 0.667. The van der Waals surface area contributed by atoms with Crippen molar-refractivity contribution in [3.05, 3.63) is 35.9 Å². The van der Waals surface area contributed by atoms with E-state index in [0.717, 1.165) is 61.0 Å². The molecule has 15 atom stereocenters. The standard InChI is InChI=1S/C42H56O23/c1-19-32(56-21(3)44)35(58-23(5)46)39(62-27(9)50)42(55-19)65-34-31(51)29(63-40(37(34)60-25(7)48)52-16-15-28-13-11-10-12-14-28)17-54-41-38(61-26(8)49)36(59-24(6)47)33(57-22(4)45)30(64-41)18-53-20(2)43/h10-14,19,29-42,51H,15-18H2,1-9H3/t19-,29+,30+,31+,32-,33+,34-,35+,36-,37+,38+,39+,40+,41+,42-/m0/s1. The smallest absolute Gasteiger partial charge is 0.303 e. The van der Waals surface area contributed by atoms with E-state index in [4.69, 9.17) is 66.3 Å². The molecule has 362 valence electrons. The molecule has 3 heterocycles. The highest BCUT2D eigenvalue weighted by molar-refractivity contribution is 5.70. The van der Waals surface area contributed by atoms with Crippen molar-refractivity contribution in [2.45, 2.75) is 161 Å². The molecular formula is C42H56O23. The summed E-state index contributed by atoms with van der Waals surface area (Å²) in [5.41, 5.74) is 0.858. The number of aliphatic hydroxyl groups is 1. The largest absolute Gasteiger partial charge is 0.463 e. The first kappa shape index (κ1) is 52.3. The van der Waals surface area contributed by atoms with Gasteiger partial charge in [-0.25, -0.2) is 0 Å². The van der Waals surface area contributed by atoms with Gasteiger partial charge in [-0.15, -0.1) is 0 Å². The van der Waals surface area contributed by atoms with Gasteiger partial charge in [0.25, 0.3) is 0 Å². The van der Waals surface area contributed by atoms with Gasteiger partial charge >= 0.3 is 47.8 Å². The molecule has 23 heteroatoms. The van der Waals surface area contributed by atoms with Crippen molar-refractivity contribution >= 4 is 47.8 Å². The Morgan fingerprint density at radius 1 is 0.477 bits per heavy atom. The predicted octanol–water partition coefficient (Wildman–Crippen LogP) is 0.288. The quantitative estimate of drug-likeness (QED) is 0.153.